The van der Waals surface area contributed by atoms with Gasteiger partial charge in [0.1, 0.15) is 0 Å². The van der Waals surface area contributed by atoms with E-state index in [1.807, 2.05) is 48.5 Å². The van der Waals surface area contributed by atoms with E-state index in [2.05, 4.69) is 16.1 Å². The van der Waals surface area contributed by atoms with Crippen molar-refractivity contribution in [3.8, 4) is 0 Å². The lowest BCUT2D eigenvalue weighted by molar-refractivity contribution is 0.0936. The van der Waals surface area contributed by atoms with Gasteiger partial charge in [-0.15, -0.1) is 0 Å². The number of nitrogens with one attached hydrogen (secondary N) is 2. The van der Waals surface area contributed by atoms with Crippen molar-refractivity contribution < 1.29 is 13.2 Å². The quantitative estimate of drug-likeness (QED) is 0.657. The zero-order valence-electron chi connectivity index (χ0n) is 15.8. The zero-order chi connectivity index (χ0) is 20.3. The largest absolute Gasteiger partial charge is 0.345 e. The fraction of sp³-hybridized carbons (Fsp3) is 0.174. The maximum Gasteiger partial charge on any atom is 0.251 e. The molecule has 3 aromatic carbocycles. The van der Waals surface area contributed by atoms with Gasteiger partial charge in [0.05, 0.1) is 10.9 Å². The highest BCUT2D eigenvalue weighted by molar-refractivity contribution is 7.89. The van der Waals surface area contributed by atoms with Crippen LogP contribution < -0.4 is 10.0 Å². The molecular weight excluding hydrogens is 384 g/mol. The summed E-state index contributed by atoms with van der Waals surface area (Å²) in [4.78, 5) is 12.8. The Hall–Kier alpha value is -2.96. The molecule has 148 valence electrons. The molecule has 6 heteroatoms. The third-order valence-corrected chi connectivity index (χ3v) is 6.55. The second kappa shape index (κ2) is 8.19. The molecule has 0 fully saturated rings. The number of hydrogen-bond donors (Lipinski definition) is 2. The number of benzene rings is 3. The number of rotatable bonds is 6. The first kappa shape index (κ1) is 19.4. The Balaban J connectivity index is 1.47. The summed E-state index contributed by atoms with van der Waals surface area (Å²) in [5, 5.41) is 3.03. The van der Waals surface area contributed by atoms with Gasteiger partial charge in [0, 0.05) is 12.1 Å². The molecule has 1 amide bonds. The molecule has 1 unspecified atom stereocenters. The fourth-order valence-corrected chi connectivity index (χ4v) is 4.67. The lowest BCUT2D eigenvalue weighted by atomic mass is 10.1. The highest BCUT2D eigenvalue weighted by Gasteiger charge is 2.24. The molecule has 0 saturated heterocycles. The number of hydrogen-bond acceptors (Lipinski definition) is 3. The van der Waals surface area contributed by atoms with Crippen molar-refractivity contribution >= 4 is 15.9 Å². The van der Waals surface area contributed by atoms with Gasteiger partial charge >= 0.3 is 0 Å². The highest BCUT2D eigenvalue weighted by atomic mass is 32.2. The smallest absolute Gasteiger partial charge is 0.251 e. The van der Waals surface area contributed by atoms with Gasteiger partial charge in [-0.3, -0.25) is 4.79 Å². The van der Waals surface area contributed by atoms with E-state index in [-0.39, 0.29) is 23.4 Å². The van der Waals surface area contributed by atoms with Crippen molar-refractivity contribution in [3.63, 3.8) is 0 Å². The van der Waals surface area contributed by atoms with E-state index in [1.54, 1.807) is 12.1 Å². The van der Waals surface area contributed by atoms with Crippen LogP contribution in [0.25, 0.3) is 0 Å². The van der Waals surface area contributed by atoms with Gasteiger partial charge in [-0.25, -0.2) is 13.1 Å². The molecule has 29 heavy (non-hydrogen) atoms. The SMILES string of the molecule is O=C(NC1CCc2ccccc21)c1cccc(S(=O)(=O)NCc2ccccc2)c1. The average molecular weight is 407 g/mol. The molecule has 0 spiro atoms. The summed E-state index contributed by atoms with van der Waals surface area (Å²) in [5.41, 5.74) is 3.58. The van der Waals surface area contributed by atoms with Gasteiger partial charge in [0.25, 0.3) is 5.91 Å². The number of carbonyl (C=O) groups is 1. The van der Waals surface area contributed by atoms with E-state index in [4.69, 9.17) is 0 Å². The first-order chi connectivity index (χ1) is 14.0. The van der Waals surface area contributed by atoms with Crippen molar-refractivity contribution in [2.24, 2.45) is 0 Å². The summed E-state index contributed by atoms with van der Waals surface area (Å²) in [7, 11) is -3.72. The molecule has 1 aliphatic rings. The van der Waals surface area contributed by atoms with Crippen LogP contribution in [0.5, 0.6) is 0 Å². The minimum absolute atomic E-state index is 0.0461. The maximum absolute atomic E-state index is 12.7. The van der Waals surface area contributed by atoms with Gasteiger partial charge in [0.2, 0.25) is 10.0 Å². The van der Waals surface area contributed by atoms with E-state index in [9.17, 15) is 13.2 Å². The Morgan fingerprint density at radius 1 is 0.931 bits per heavy atom. The predicted octanol–water partition coefficient (Wildman–Crippen LogP) is 3.58. The van der Waals surface area contributed by atoms with E-state index in [1.165, 1.54) is 17.7 Å². The zero-order valence-corrected chi connectivity index (χ0v) is 16.7. The number of carbonyl (C=O) groups excluding carboxylic acids is 1. The molecule has 2 N–H and O–H groups in total. The summed E-state index contributed by atoms with van der Waals surface area (Å²) >= 11 is 0. The van der Waals surface area contributed by atoms with Crippen molar-refractivity contribution in [2.45, 2.75) is 30.3 Å². The van der Waals surface area contributed by atoms with Crippen LogP contribution in [0.4, 0.5) is 0 Å². The molecule has 0 aliphatic heterocycles. The summed E-state index contributed by atoms with van der Waals surface area (Å²) in [5.74, 6) is -0.271. The molecule has 0 saturated carbocycles. The van der Waals surface area contributed by atoms with Gasteiger partial charge in [-0.1, -0.05) is 60.7 Å². The standard InChI is InChI=1S/C23H22N2O3S/c26-23(25-22-14-13-18-9-4-5-12-21(18)22)19-10-6-11-20(15-19)29(27,28)24-16-17-7-2-1-3-8-17/h1-12,15,22,24H,13-14,16H2,(H,25,26). The molecule has 1 atom stereocenters. The molecule has 0 radical (unpaired) electrons. The number of amides is 1. The lowest BCUT2D eigenvalue weighted by Gasteiger charge is -2.15. The van der Waals surface area contributed by atoms with Gasteiger partial charge in [0.15, 0.2) is 0 Å². The van der Waals surface area contributed by atoms with Gasteiger partial charge in [-0.05, 0) is 47.7 Å². The first-order valence-corrected chi connectivity index (χ1v) is 11.0. The molecule has 0 bridgehead atoms. The molecule has 3 aromatic rings. The first-order valence-electron chi connectivity index (χ1n) is 9.55. The molecular formula is C23H22N2O3S. The predicted molar refractivity (Wildman–Crippen MR) is 112 cm³/mol. The summed E-state index contributed by atoms with van der Waals surface area (Å²) in [6, 6.07) is 23.5. The molecule has 4 rings (SSSR count). The van der Waals surface area contributed by atoms with E-state index in [0.29, 0.717) is 5.56 Å². The molecule has 5 nitrogen and oxygen atoms in total. The molecule has 0 heterocycles. The minimum Gasteiger partial charge on any atom is -0.345 e. The Morgan fingerprint density at radius 3 is 2.52 bits per heavy atom. The Kier molecular flexibility index (Phi) is 5.47. The summed E-state index contributed by atoms with van der Waals surface area (Å²) in [6.45, 7) is 0.193. The number of sulfonamides is 1. The second-order valence-corrected chi connectivity index (χ2v) is 8.87. The van der Waals surface area contributed by atoms with E-state index >= 15 is 0 Å². The van der Waals surface area contributed by atoms with E-state index in [0.717, 1.165) is 24.0 Å². The average Bonchev–Trinajstić information content (AvgIpc) is 3.16. The van der Waals surface area contributed by atoms with Crippen LogP contribution in [0.2, 0.25) is 0 Å². The van der Waals surface area contributed by atoms with Crippen molar-refractivity contribution in [1.82, 2.24) is 10.0 Å². The van der Waals surface area contributed by atoms with Crippen molar-refractivity contribution in [1.29, 1.82) is 0 Å². The van der Waals surface area contributed by atoms with Crippen LogP contribution >= 0.6 is 0 Å². The Labute approximate surface area is 170 Å². The van der Waals surface area contributed by atoms with Crippen LogP contribution in [-0.2, 0) is 23.0 Å². The van der Waals surface area contributed by atoms with Crippen LogP contribution in [0, 0.1) is 0 Å². The monoisotopic (exact) mass is 406 g/mol. The topological polar surface area (TPSA) is 75.3 Å². The highest BCUT2D eigenvalue weighted by Crippen LogP contribution is 2.31. The van der Waals surface area contributed by atoms with Gasteiger partial charge in [-0.2, -0.15) is 0 Å². The van der Waals surface area contributed by atoms with Crippen LogP contribution in [0.3, 0.4) is 0 Å². The van der Waals surface area contributed by atoms with Gasteiger partial charge < -0.3 is 5.32 Å². The third-order valence-electron chi connectivity index (χ3n) is 5.15. The van der Waals surface area contributed by atoms with Crippen molar-refractivity contribution in [2.75, 3.05) is 0 Å². The molecule has 0 aromatic heterocycles. The van der Waals surface area contributed by atoms with Crippen LogP contribution in [0.1, 0.15) is 39.5 Å². The maximum atomic E-state index is 12.7. The van der Waals surface area contributed by atoms with E-state index < -0.39 is 10.0 Å². The number of fused-ring (bicyclic) bond motifs is 1. The number of aryl methyl sites for hydroxylation is 1. The second-order valence-electron chi connectivity index (χ2n) is 7.10. The van der Waals surface area contributed by atoms with Crippen LogP contribution in [-0.4, -0.2) is 14.3 Å². The fourth-order valence-electron chi connectivity index (χ4n) is 3.61. The van der Waals surface area contributed by atoms with Crippen molar-refractivity contribution in [3.05, 3.63) is 101 Å². The Bertz CT molecular complexity index is 1130. The summed E-state index contributed by atoms with van der Waals surface area (Å²) in [6.07, 6.45) is 1.78. The lowest BCUT2D eigenvalue weighted by Crippen LogP contribution is -2.28. The summed E-state index contributed by atoms with van der Waals surface area (Å²) < 4.78 is 27.9. The minimum atomic E-state index is -3.72. The van der Waals surface area contributed by atoms with Crippen LogP contribution in [0.15, 0.2) is 83.8 Å². The Morgan fingerprint density at radius 2 is 1.69 bits per heavy atom. The third kappa shape index (κ3) is 4.39. The normalized spacial score (nSPS) is 15.7. The molecule has 1 aliphatic carbocycles.